The summed E-state index contributed by atoms with van der Waals surface area (Å²) in [6.45, 7) is 4.34. The molecule has 0 atom stereocenters. The van der Waals surface area contributed by atoms with Crippen molar-refractivity contribution in [3.05, 3.63) is 60.1 Å². The molecule has 0 saturated heterocycles. The molecule has 0 spiro atoms. The Morgan fingerprint density at radius 1 is 1.31 bits per heavy atom. The molecule has 26 heavy (non-hydrogen) atoms. The molecule has 0 radical (unpaired) electrons. The second-order valence-electron chi connectivity index (χ2n) is 5.40. The van der Waals surface area contributed by atoms with E-state index in [0.29, 0.717) is 34.5 Å². The predicted molar refractivity (Wildman–Crippen MR) is 107 cm³/mol. The quantitative estimate of drug-likeness (QED) is 0.413. The molecule has 2 aromatic rings. The zero-order valence-corrected chi connectivity index (χ0v) is 15.7. The van der Waals surface area contributed by atoms with Crippen LogP contribution in [0.15, 0.2) is 48.8 Å². The Morgan fingerprint density at radius 3 is 2.88 bits per heavy atom. The number of rotatable bonds is 8. The van der Waals surface area contributed by atoms with E-state index in [-0.39, 0.29) is 5.97 Å². The normalized spacial score (nSPS) is 10.5. The lowest BCUT2D eigenvalue weighted by Crippen LogP contribution is -2.18. The summed E-state index contributed by atoms with van der Waals surface area (Å²) in [7, 11) is 0. The van der Waals surface area contributed by atoms with Crippen molar-refractivity contribution in [2.24, 2.45) is 0 Å². The van der Waals surface area contributed by atoms with Crippen LogP contribution in [0.4, 0.5) is 11.6 Å². The summed E-state index contributed by atoms with van der Waals surface area (Å²) in [5, 5.41) is 6.02. The summed E-state index contributed by atoms with van der Waals surface area (Å²) in [5.41, 5.74) is 1.60. The maximum absolute atomic E-state index is 12.3. The van der Waals surface area contributed by atoms with Gasteiger partial charge in [0.05, 0.1) is 17.9 Å². The fourth-order valence-electron chi connectivity index (χ4n) is 2.06. The molecular formula is C19H22N4O2S. The SMILES string of the molecule is C/C=C/NC(=S)c1ccnc(Nc2ccccc2C(=O)OCCCC)n1. The Labute approximate surface area is 158 Å². The summed E-state index contributed by atoms with van der Waals surface area (Å²) in [6.07, 6.45) is 6.99. The van der Waals surface area contributed by atoms with Gasteiger partial charge in [0.1, 0.15) is 10.7 Å². The molecule has 6 nitrogen and oxygen atoms in total. The molecule has 0 aliphatic rings. The number of aromatic nitrogens is 2. The van der Waals surface area contributed by atoms with Crippen molar-refractivity contribution < 1.29 is 9.53 Å². The van der Waals surface area contributed by atoms with Gasteiger partial charge >= 0.3 is 5.97 Å². The van der Waals surface area contributed by atoms with Gasteiger partial charge in [-0.25, -0.2) is 14.8 Å². The van der Waals surface area contributed by atoms with Gasteiger partial charge in [-0.15, -0.1) is 0 Å². The predicted octanol–water partition coefficient (Wildman–Crippen LogP) is 3.98. The minimum Gasteiger partial charge on any atom is -0.462 e. The highest BCUT2D eigenvalue weighted by atomic mass is 32.1. The number of esters is 1. The van der Waals surface area contributed by atoms with Crippen LogP contribution in [0.3, 0.4) is 0 Å². The highest BCUT2D eigenvalue weighted by molar-refractivity contribution is 7.80. The van der Waals surface area contributed by atoms with E-state index in [9.17, 15) is 4.79 Å². The molecule has 0 saturated carbocycles. The zero-order valence-electron chi connectivity index (χ0n) is 14.9. The van der Waals surface area contributed by atoms with Crippen LogP contribution in [0.2, 0.25) is 0 Å². The number of nitrogens with one attached hydrogen (secondary N) is 2. The number of carbonyl (C=O) groups excluding carboxylic acids is 1. The molecule has 0 aliphatic heterocycles. The number of anilines is 2. The monoisotopic (exact) mass is 370 g/mol. The van der Waals surface area contributed by atoms with Crippen molar-refractivity contribution in [1.82, 2.24) is 15.3 Å². The standard InChI is InChI=1S/C19H22N4O2S/c1-3-5-13-25-18(24)14-8-6-7-9-15(14)22-19-21-12-10-16(23-19)17(26)20-11-4-2/h4,6-12H,3,5,13H2,1-2H3,(H,20,26)(H,21,22,23)/b11-4+. The van der Waals surface area contributed by atoms with Gasteiger partial charge in [-0.1, -0.05) is 43.8 Å². The number of allylic oxidation sites excluding steroid dienone is 1. The number of unbranched alkanes of at least 4 members (excludes halogenated alkanes) is 1. The third-order valence-electron chi connectivity index (χ3n) is 3.39. The number of hydrogen-bond donors (Lipinski definition) is 2. The lowest BCUT2D eigenvalue weighted by molar-refractivity contribution is 0.0501. The lowest BCUT2D eigenvalue weighted by Gasteiger charge is -2.11. The first-order valence-electron chi connectivity index (χ1n) is 8.44. The van der Waals surface area contributed by atoms with E-state index < -0.39 is 0 Å². The summed E-state index contributed by atoms with van der Waals surface area (Å²) >= 11 is 5.28. The number of hydrogen-bond acceptors (Lipinski definition) is 6. The number of nitrogens with zero attached hydrogens (tertiary/aromatic N) is 2. The third kappa shape index (κ3) is 5.63. The van der Waals surface area contributed by atoms with E-state index in [2.05, 4.69) is 20.6 Å². The summed E-state index contributed by atoms with van der Waals surface area (Å²) < 4.78 is 5.29. The second-order valence-corrected chi connectivity index (χ2v) is 5.81. The molecule has 2 N–H and O–H groups in total. The van der Waals surface area contributed by atoms with Crippen LogP contribution in [0.25, 0.3) is 0 Å². The Bertz CT molecular complexity index is 793. The van der Waals surface area contributed by atoms with Crippen LogP contribution < -0.4 is 10.6 Å². The third-order valence-corrected chi connectivity index (χ3v) is 3.72. The number of para-hydroxylation sites is 1. The number of thiocarbonyl (C=S) groups is 1. The average Bonchev–Trinajstić information content (AvgIpc) is 2.67. The first-order valence-corrected chi connectivity index (χ1v) is 8.84. The first-order chi connectivity index (χ1) is 12.7. The molecule has 0 amide bonds. The Balaban J connectivity index is 2.16. The molecule has 2 rings (SSSR count). The van der Waals surface area contributed by atoms with E-state index in [4.69, 9.17) is 17.0 Å². The Morgan fingerprint density at radius 2 is 2.12 bits per heavy atom. The average molecular weight is 370 g/mol. The van der Waals surface area contributed by atoms with E-state index >= 15 is 0 Å². The molecule has 0 unspecified atom stereocenters. The zero-order chi connectivity index (χ0) is 18.8. The van der Waals surface area contributed by atoms with Crippen LogP contribution in [0.5, 0.6) is 0 Å². The fraction of sp³-hybridized carbons (Fsp3) is 0.263. The van der Waals surface area contributed by atoms with Gasteiger partial charge in [0.2, 0.25) is 5.95 Å². The minimum absolute atomic E-state index is 0.348. The van der Waals surface area contributed by atoms with Gasteiger partial charge in [-0.05, 0) is 37.7 Å². The smallest absolute Gasteiger partial charge is 0.340 e. The van der Waals surface area contributed by atoms with Crippen LogP contribution in [0, 0.1) is 0 Å². The van der Waals surface area contributed by atoms with Gasteiger partial charge in [0.25, 0.3) is 0 Å². The van der Waals surface area contributed by atoms with Gasteiger partial charge < -0.3 is 15.4 Å². The maximum atomic E-state index is 12.3. The first kappa shape index (κ1) is 19.5. The van der Waals surface area contributed by atoms with Gasteiger partial charge in [-0.3, -0.25) is 0 Å². The summed E-state index contributed by atoms with van der Waals surface area (Å²) in [5.74, 6) is -0.0242. The van der Waals surface area contributed by atoms with Crippen molar-refractivity contribution in [1.29, 1.82) is 0 Å². The summed E-state index contributed by atoms with van der Waals surface area (Å²) in [6, 6.07) is 8.82. The lowest BCUT2D eigenvalue weighted by atomic mass is 10.2. The molecule has 7 heteroatoms. The van der Waals surface area contributed by atoms with Crippen molar-refractivity contribution >= 4 is 34.8 Å². The molecule has 0 bridgehead atoms. The molecule has 0 fully saturated rings. The highest BCUT2D eigenvalue weighted by Crippen LogP contribution is 2.20. The summed E-state index contributed by atoms with van der Waals surface area (Å²) in [4.78, 5) is 21.3. The largest absolute Gasteiger partial charge is 0.462 e. The molecule has 1 aromatic heterocycles. The molecular weight excluding hydrogens is 348 g/mol. The van der Waals surface area contributed by atoms with Crippen molar-refractivity contribution in [2.75, 3.05) is 11.9 Å². The number of ether oxygens (including phenoxy) is 1. The number of carbonyl (C=O) groups is 1. The van der Waals surface area contributed by atoms with Crippen LogP contribution >= 0.6 is 12.2 Å². The molecule has 0 aliphatic carbocycles. The molecule has 1 aromatic carbocycles. The number of benzene rings is 1. The van der Waals surface area contributed by atoms with Gasteiger partial charge in [-0.2, -0.15) is 0 Å². The van der Waals surface area contributed by atoms with Crippen LogP contribution in [-0.2, 0) is 4.74 Å². The van der Waals surface area contributed by atoms with Gasteiger partial charge in [0.15, 0.2) is 0 Å². The Hall–Kier alpha value is -2.80. The van der Waals surface area contributed by atoms with Crippen LogP contribution in [0.1, 0.15) is 42.7 Å². The van der Waals surface area contributed by atoms with E-state index in [1.807, 2.05) is 26.0 Å². The second kappa shape index (κ2) is 10.2. The van der Waals surface area contributed by atoms with Crippen molar-refractivity contribution in [3.8, 4) is 0 Å². The van der Waals surface area contributed by atoms with Crippen molar-refractivity contribution in [3.63, 3.8) is 0 Å². The van der Waals surface area contributed by atoms with E-state index in [1.165, 1.54) is 0 Å². The molecule has 1 heterocycles. The van der Waals surface area contributed by atoms with Crippen LogP contribution in [-0.4, -0.2) is 27.5 Å². The highest BCUT2D eigenvalue weighted by Gasteiger charge is 2.13. The van der Waals surface area contributed by atoms with Crippen molar-refractivity contribution in [2.45, 2.75) is 26.7 Å². The minimum atomic E-state index is -0.372. The maximum Gasteiger partial charge on any atom is 0.340 e. The fourth-order valence-corrected chi connectivity index (χ4v) is 2.24. The van der Waals surface area contributed by atoms with E-state index in [0.717, 1.165) is 12.8 Å². The van der Waals surface area contributed by atoms with E-state index in [1.54, 1.807) is 36.7 Å². The Kier molecular flexibility index (Phi) is 7.70. The topological polar surface area (TPSA) is 76.1 Å². The molecule has 136 valence electrons. The van der Waals surface area contributed by atoms with Gasteiger partial charge in [0, 0.05) is 6.20 Å².